The number of morpholine rings is 1. The standard InChI is InChI=1S/C17H34N4OS2.HI/c1-5-18-15(19-12-16(2,3)23-4)20-13-17(6-11-24-14-17)21-7-9-22-10-8-21;/h5-14H2,1-4H3,(H2,18,19,20);1H. The molecule has 0 saturated carbocycles. The van der Waals surface area contributed by atoms with E-state index in [1.165, 1.54) is 17.9 Å². The monoisotopic (exact) mass is 502 g/mol. The van der Waals surface area contributed by atoms with Gasteiger partial charge in [-0.2, -0.15) is 23.5 Å². The van der Waals surface area contributed by atoms with Gasteiger partial charge in [-0.25, -0.2) is 0 Å². The predicted octanol–water partition coefficient (Wildman–Crippen LogP) is 2.51. The highest BCUT2D eigenvalue weighted by molar-refractivity contribution is 14.0. The van der Waals surface area contributed by atoms with Crippen molar-refractivity contribution in [2.45, 2.75) is 37.5 Å². The second-order valence-electron chi connectivity index (χ2n) is 7.14. The van der Waals surface area contributed by atoms with E-state index in [1.54, 1.807) is 0 Å². The predicted molar refractivity (Wildman–Crippen MR) is 124 cm³/mol. The first-order chi connectivity index (χ1) is 11.5. The number of guanidine groups is 1. The smallest absolute Gasteiger partial charge is 0.191 e. The highest BCUT2D eigenvalue weighted by Crippen LogP contribution is 2.33. The Bertz CT molecular complexity index is 411. The van der Waals surface area contributed by atoms with Crippen molar-refractivity contribution in [3.8, 4) is 0 Å². The summed E-state index contributed by atoms with van der Waals surface area (Å²) in [4.78, 5) is 7.45. The zero-order chi connectivity index (χ0) is 17.5. The van der Waals surface area contributed by atoms with Crippen molar-refractivity contribution in [3.63, 3.8) is 0 Å². The quantitative estimate of drug-likeness (QED) is 0.317. The summed E-state index contributed by atoms with van der Waals surface area (Å²) in [5.41, 5.74) is 0.250. The summed E-state index contributed by atoms with van der Waals surface area (Å²) in [5, 5.41) is 7.03. The number of ether oxygens (including phenoxy) is 1. The number of halogens is 1. The van der Waals surface area contributed by atoms with Crippen LogP contribution in [0.25, 0.3) is 0 Å². The highest BCUT2D eigenvalue weighted by atomic mass is 127. The van der Waals surface area contributed by atoms with Gasteiger partial charge < -0.3 is 15.4 Å². The lowest BCUT2D eigenvalue weighted by atomic mass is 9.95. The lowest BCUT2D eigenvalue weighted by Crippen LogP contribution is -2.60. The second kappa shape index (κ2) is 11.5. The molecule has 2 saturated heterocycles. The third kappa shape index (κ3) is 7.27. The van der Waals surface area contributed by atoms with Gasteiger partial charge in [-0.3, -0.25) is 9.89 Å². The molecular formula is C17H35IN4OS2. The van der Waals surface area contributed by atoms with Gasteiger partial charge in [0.25, 0.3) is 0 Å². The molecule has 1 unspecified atom stereocenters. The third-order valence-corrected chi connectivity index (χ3v) is 7.33. The zero-order valence-electron chi connectivity index (χ0n) is 16.1. The van der Waals surface area contributed by atoms with Crippen molar-refractivity contribution in [2.75, 3.05) is 63.7 Å². The second-order valence-corrected chi connectivity index (χ2v) is 9.76. The van der Waals surface area contributed by atoms with Gasteiger partial charge in [-0.05, 0) is 39.2 Å². The number of rotatable bonds is 7. The van der Waals surface area contributed by atoms with Gasteiger partial charge in [-0.1, -0.05) is 0 Å². The topological polar surface area (TPSA) is 48.9 Å². The van der Waals surface area contributed by atoms with Gasteiger partial charge >= 0.3 is 0 Å². The van der Waals surface area contributed by atoms with Crippen LogP contribution in [0, 0.1) is 0 Å². The lowest BCUT2D eigenvalue weighted by Gasteiger charge is -2.43. The Labute approximate surface area is 179 Å². The first kappa shape index (κ1) is 23.7. The molecule has 0 spiro atoms. The number of nitrogens with one attached hydrogen (secondary N) is 2. The van der Waals surface area contributed by atoms with E-state index in [1.807, 2.05) is 11.8 Å². The maximum Gasteiger partial charge on any atom is 0.191 e. The van der Waals surface area contributed by atoms with Gasteiger partial charge in [0.05, 0.1) is 19.8 Å². The largest absolute Gasteiger partial charge is 0.379 e. The van der Waals surface area contributed by atoms with Gasteiger partial charge in [-0.15, -0.1) is 24.0 Å². The van der Waals surface area contributed by atoms with Crippen LogP contribution in [0.15, 0.2) is 4.99 Å². The molecule has 1 atom stereocenters. The molecule has 2 aliphatic rings. The Hall–Kier alpha value is 0.620. The SMILES string of the molecule is CCNC(=NCC(C)(C)SC)NCC1(N2CCOCC2)CCSC1.I. The highest BCUT2D eigenvalue weighted by Gasteiger charge is 2.40. The number of aliphatic imine (C=N–C) groups is 1. The van der Waals surface area contributed by atoms with E-state index in [4.69, 9.17) is 9.73 Å². The molecule has 0 aromatic heterocycles. The van der Waals surface area contributed by atoms with Crippen LogP contribution in [0.1, 0.15) is 27.2 Å². The number of thioether (sulfide) groups is 2. The van der Waals surface area contributed by atoms with E-state index in [0.717, 1.165) is 51.9 Å². The fourth-order valence-corrected chi connectivity index (χ4v) is 4.73. The molecule has 5 nitrogen and oxygen atoms in total. The molecule has 0 radical (unpaired) electrons. The maximum atomic E-state index is 5.55. The fraction of sp³-hybridized carbons (Fsp3) is 0.941. The fourth-order valence-electron chi connectivity index (χ4n) is 3.06. The Balaban J connectivity index is 0.00000312. The van der Waals surface area contributed by atoms with E-state index < -0.39 is 0 Å². The number of nitrogens with zero attached hydrogens (tertiary/aromatic N) is 2. The van der Waals surface area contributed by atoms with E-state index in [-0.39, 0.29) is 34.3 Å². The Morgan fingerprint density at radius 3 is 2.60 bits per heavy atom. The van der Waals surface area contributed by atoms with Gasteiger partial charge in [0.15, 0.2) is 5.96 Å². The third-order valence-electron chi connectivity index (χ3n) is 4.86. The van der Waals surface area contributed by atoms with Gasteiger partial charge in [0.2, 0.25) is 0 Å². The number of hydrogen-bond donors (Lipinski definition) is 2. The van der Waals surface area contributed by atoms with Crippen LogP contribution in [0.4, 0.5) is 0 Å². The molecule has 25 heavy (non-hydrogen) atoms. The summed E-state index contributed by atoms with van der Waals surface area (Å²) < 4.78 is 5.72. The van der Waals surface area contributed by atoms with E-state index in [2.05, 4.69) is 54.3 Å². The molecule has 2 heterocycles. The Morgan fingerprint density at radius 2 is 2.04 bits per heavy atom. The molecule has 2 fully saturated rings. The summed E-state index contributed by atoms with van der Waals surface area (Å²) in [6.45, 7) is 13.1. The molecule has 0 amide bonds. The lowest BCUT2D eigenvalue weighted by molar-refractivity contribution is -0.0120. The van der Waals surface area contributed by atoms with Crippen LogP contribution in [0.5, 0.6) is 0 Å². The van der Waals surface area contributed by atoms with Gasteiger partial charge in [0.1, 0.15) is 0 Å². The molecule has 0 aliphatic carbocycles. The minimum atomic E-state index is 0. The van der Waals surface area contributed by atoms with Crippen molar-refractivity contribution in [2.24, 2.45) is 4.99 Å². The molecule has 148 valence electrons. The minimum Gasteiger partial charge on any atom is -0.379 e. The van der Waals surface area contributed by atoms with Crippen LogP contribution in [0.3, 0.4) is 0 Å². The summed E-state index contributed by atoms with van der Waals surface area (Å²) in [6, 6.07) is 0. The Kier molecular flexibility index (Phi) is 10.8. The summed E-state index contributed by atoms with van der Waals surface area (Å²) in [5.74, 6) is 3.41. The molecule has 0 aromatic rings. The summed E-state index contributed by atoms with van der Waals surface area (Å²) in [6.07, 6.45) is 3.40. The van der Waals surface area contributed by atoms with E-state index in [9.17, 15) is 0 Å². The summed E-state index contributed by atoms with van der Waals surface area (Å²) in [7, 11) is 0. The zero-order valence-corrected chi connectivity index (χ0v) is 20.1. The van der Waals surface area contributed by atoms with Crippen LogP contribution >= 0.6 is 47.5 Å². The van der Waals surface area contributed by atoms with Crippen molar-refractivity contribution in [3.05, 3.63) is 0 Å². The molecule has 2 N–H and O–H groups in total. The molecule has 8 heteroatoms. The van der Waals surface area contributed by atoms with Gasteiger partial charge in [0, 0.05) is 42.2 Å². The first-order valence-electron chi connectivity index (χ1n) is 8.99. The maximum absolute atomic E-state index is 5.55. The number of hydrogen-bond acceptors (Lipinski definition) is 5. The molecule has 2 rings (SSSR count). The van der Waals surface area contributed by atoms with Crippen LogP contribution in [-0.4, -0.2) is 84.8 Å². The molecular weight excluding hydrogens is 467 g/mol. The average molecular weight is 503 g/mol. The van der Waals surface area contributed by atoms with E-state index >= 15 is 0 Å². The van der Waals surface area contributed by atoms with Crippen LogP contribution in [-0.2, 0) is 4.74 Å². The van der Waals surface area contributed by atoms with Crippen LogP contribution in [0.2, 0.25) is 0 Å². The average Bonchev–Trinajstić information content (AvgIpc) is 3.08. The minimum absolute atomic E-state index is 0. The van der Waals surface area contributed by atoms with Crippen molar-refractivity contribution in [1.29, 1.82) is 0 Å². The van der Waals surface area contributed by atoms with Crippen molar-refractivity contribution >= 4 is 53.5 Å². The van der Waals surface area contributed by atoms with Crippen molar-refractivity contribution < 1.29 is 4.74 Å². The molecule has 0 aromatic carbocycles. The van der Waals surface area contributed by atoms with Crippen LogP contribution < -0.4 is 10.6 Å². The molecule has 2 aliphatic heterocycles. The molecule has 0 bridgehead atoms. The first-order valence-corrected chi connectivity index (χ1v) is 11.4. The normalized spacial score (nSPS) is 25.5. The van der Waals surface area contributed by atoms with Crippen molar-refractivity contribution in [1.82, 2.24) is 15.5 Å². The Morgan fingerprint density at radius 1 is 1.32 bits per heavy atom. The van der Waals surface area contributed by atoms with E-state index in [0.29, 0.717) is 0 Å². The summed E-state index contributed by atoms with van der Waals surface area (Å²) >= 11 is 3.94.